The molecule has 0 atom stereocenters. The fourth-order valence-corrected chi connectivity index (χ4v) is 4.55. The minimum absolute atomic E-state index is 0.123. The van der Waals surface area contributed by atoms with Crippen LogP contribution in [0.5, 0.6) is 17.4 Å². The second-order valence-electron chi connectivity index (χ2n) is 9.48. The summed E-state index contributed by atoms with van der Waals surface area (Å²) in [6.07, 6.45) is 0. The number of carbonyl (C=O) groups is 2. The molecule has 204 valence electrons. The van der Waals surface area contributed by atoms with Crippen LogP contribution in [0.4, 0.5) is 10.1 Å². The average molecular weight is 550 g/mol. The van der Waals surface area contributed by atoms with Crippen LogP contribution in [0.25, 0.3) is 28.1 Å². The Morgan fingerprint density at radius 1 is 0.902 bits per heavy atom. The molecule has 1 aliphatic heterocycles. The first-order valence-electron chi connectivity index (χ1n) is 12.8. The molecule has 0 saturated heterocycles. The van der Waals surface area contributed by atoms with E-state index in [4.69, 9.17) is 19.3 Å². The molecule has 1 amide bonds. The van der Waals surface area contributed by atoms with Crippen LogP contribution in [0.1, 0.15) is 22.8 Å². The highest BCUT2D eigenvalue weighted by atomic mass is 19.1. The second-order valence-corrected chi connectivity index (χ2v) is 9.48. The first-order valence-corrected chi connectivity index (χ1v) is 12.8. The van der Waals surface area contributed by atoms with E-state index in [2.05, 4.69) is 5.32 Å². The molecule has 0 radical (unpaired) electrons. The minimum Gasteiger partial charge on any atom is -0.454 e. The lowest BCUT2D eigenvalue weighted by molar-refractivity contribution is -0.132. The molecule has 0 bridgehead atoms. The molecule has 5 aromatic rings. The van der Waals surface area contributed by atoms with Gasteiger partial charge in [0.05, 0.1) is 11.3 Å². The van der Waals surface area contributed by atoms with E-state index in [1.54, 1.807) is 54.6 Å². The first-order chi connectivity index (χ1) is 19.9. The molecule has 1 aliphatic rings. The summed E-state index contributed by atoms with van der Waals surface area (Å²) in [5.74, 6) is -0.0472. The molecule has 6 rings (SSSR count). The molecule has 9 heteroatoms. The Bertz CT molecular complexity index is 1780. The van der Waals surface area contributed by atoms with Gasteiger partial charge in [0, 0.05) is 23.7 Å². The normalized spacial score (nSPS) is 11.8. The van der Waals surface area contributed by atoms with Crippen LogP contribution in [0.15, 0.2) is 91.0 Å². The van der Waals surface area contributed by atoms with Gasteiger partial charge >= 0.3 is 5.97 Å². The molecular formula is C32H24FN3O5. The second kappa shape index (κ2) is 10.6. The molecule has 1 N–H and O–H groups in total. The van der Waals surface area contributed by atoms with Crippen molar-refractivity contribution in [2.45, 2.75) is 13.8 Å². The lowest BCUT2D eigenvalue weighted by atomic mass is 10.00. The van der Waals surface area contributed by atoms with Crippen molar-refractivity contribution in [1.29, 1.82) is 0 Å². The van der Waals surface area contributed by atoms with Gasteiger partial charge in [-0.25, -0.2) is 4.39 Å². The van der Waals surface area contributed by atoms with Crippen molar-refractivity contribution in [1.82, 2.24) is 9.78 Å². The molecule has 1 aromatic heterocycles. The van der Waals surface area contributed by atoms with Gasteiger partial charge in [-0.05, 0) is 61.0 Å². The van der Waals surface area contributed by atoms with E-state index in [1.807, 2.05) is 31.2 Å². The molecule has 8 nitrogen and oxygen atoms in total. The van der Waals surface area contributed by atoms with Gasteiger partial charge in [0.2, 0.25) is 12.7 Å². The highest BCUT2D eigenvalue weighted by molar-refractivity contribution is 6.05. The SMILES string of the molecule is CC(=O)Oc1c(-c2ccc(NC(=O)c3ccc4c(c3)OCO4)cc2)c(-c2ccc(C)cc2)nn1-c1cccc(F)c1. The van der Waals surface area contributed by atoms with Crippen LogP contribution in [-0.2, 0) is 4.79 Å². The maximum atomic E-state index is 14.2. The summed E-state index contributed by atoms with van der Waals surface area (Å²) < 4.78 is 32.0. The Morgan fingerprint density at radius 2 is 1.63 bits per heavy atom. The van der Waals surface area contributed by atoms with E-state index in [-0.39, 0.29) is 18.6 Å². The summed E-state index contributed by atoms with van der Waals surface area (Å²) in [5.41, 5.74) is 5.00. The Hall–Kier alpha value is -5.44. The van der Waals surface area contributed by atoms with Crippen molar-refractivity contribution in [3.63, 3.8) is 0 Å². The number of hydrogen-bond acceptors (Lipinski definition) is 6. The average Bonchev–Trinajstić information content (AvgIpc) is 3.58. The van der Waals surface area contributed by atoms with Crippen molar-refractivity contribution in [3.05, 3.63) is 108 Å². The number of ether oxygens (including phenoxy) is 3. The topological polar surface area (TPSA) is 91.7 Å². The molecule has 2 heterocycles. The van der Waals surface area contributed by atoms with E-state index < -0.39 is 11.8 Å². The van der Waals surface area contributed by atoms with Gasteiger partial charge in [-0.15, -0.1) is 0 Å². The Labute approximate surface area is 234 Å². The van der Waals surface area contributed by atoms with Gasteiger partial charge in [-0.1, -0.05) is 48.0 Å². The third kappa shape index (κ3) is 5.25. The lowest BCUT2D eigenvalue weighted by Crippen LogP contribution is -2.11. The predicted molar refractivity (Wildman–Crippen MR) is 151 cm³/mol. The van der Waals surface area contributed by atoms with Gasteiger partial charge in [-0.3, -0.25) is 9.59 Å². The van der Waals surface area contributed by atoms with Gasteiger partial charge in [-0.2, -0.15) is 9.78 Å². The van der Waals surface area contributed by atoms with Crippen LogP contribution in [0, 0.1) is 12.7 Å². The summed E-state index contributed by atoms with van der Waals surface area (Å²) in [6, 6.07) is 25.7. The molecule has 0 aliphatic carbocycles. The number of aromatic nitrogens is 2. The highest BCUT2D eigenvalue weighted by Gasteiger charge is 2.25. The zero-order valence-corrected chi connectivity index (χ0v) is 22.2. The van der Waals surface area contributed by atoms with Gasteiger partial charge < -0.3 is 19.5 Å². The Kier molecular flexibility index (Phi) is 6.68. The molecule has 0 unspecified atom stereocenters. The highest BCUT2D eigenvalue weighted by Crippen LogP contribution is 2.41. The van der Waals surface area contributed by atoms with Gasteiger partial charge in [0.25, 0.3) is 5.91 Å². The number of benzene rings is 4. The standard InChI is InChI=1S/C32H24FN3O5/c1-19-6-8-22(9-7-19)30-29(32(41-20(2)37)36(35-30)26-5-3-4-24(33)17-26)21-10-13-25(14-11-21)34-31(38)23-12-15-27-28(16-23)40-18-39-27/h3-17H,18H2,1-2H3,(H,34,38). The van der Waals surface area contributed by atoms with Crippen molar-refractivity contribution in [3.8, 4) is 45.5 Å². The van der Waals surface area contributed by atoms with Crippen molar-refractivity contribution >= 4 is 17.6 Å². The molecule has 0 fully saturated rings. The van der Waals surface area contributed by atoms with Crippen LogP contribution >= 0.6 is 0 Å². The third-order valence-corrected chi connectivity index (χ3v) is 6.53. The Balaban J connectivity index is 1.40. The number of esters is 1. The molecule has 0 saturated carbocycles. The lowest BCUT2D eigenvalue weighted by Gasteiger charge is -2.11. The van der Waals surface area contributed by atoms with Crippen molar-refractivity contribution < 1.29 is 28.2 Å². The van der Waals surface area contributed by atoms with Gasteiger partial charge in [0.15, 0.2) is 11.5 Å². The monoisotopic (exact) mass is 549 g/mol. The van der Waals surface area contributed by atoms with Crippen molar-refractivity contribution in [2.24, 2.45) is 0 Å². The zero-order valence-electron chi connectivity index (χ0n) is 22.2. The van der Waals surface area contributed by atoms with Crippen molar-refractivity contribution in [2.75, 3.05) is 12.1 Å². The minimum atomic E-state index is -0.549. The fourth-order valence-electron chi connectivity index (χ4n) is 4.55. The summed E-state index contributed by atoms with van der Waals surface area (Å²) in [6.45, 7) is 3.40. The van der Waals surface area contributed by atoms with E-state index in [0.717, 1.165) is 11.1 Å². The number of halogens is 1. The Morgan fingerprint density at radius 3 is 2.37 bits per heavy atom. The molecule has 0 spiro atoms. The number of hydrogen-bond donors (Lipinski definition) is 1. The largest absolute Gasteiger partial charge is 0.454 e. The number of aryl methyl sites for hydroxylation is 1. The van der Waals surface area contributed by atoms with E-state index in [0.29, 0.717) is 45.3 Å². The molecule has 41 heavy (non-hydrogen) atoms. The van der Waals surface area contributed by atoms with Crippen LogP contribution in [0.3, 0.4) is 0 Å². The van der Waals surface area contributed by atoms with Gasteiger partial charge in [0.1, 0.15) is 11.5 Å². The smallest absolute Gasteiger partial charge is 0.309 e. The maximum absolute atomic E-state index is 14.2. The predicted octanol–water partition coefficient (Wildman–Crippen LogP) is 6.56. The number of rotatable bonds is 6. The number of carbonyl (C=O) groups excluding carboxylic acids is 2. The summed E-state index contributed by atoms with van der Waals surface area (Å²) in [5, 5.41) is 7.65. The summed E-state index contributed by atoms with van der Waals surface area (Å²) >= 11 is 0. The van der Waals surface area contributed by atoms with Crippen LogP contribution < -0.4 is 19.5 Å². The quantitative estimate of drug-likeness (QED) is 0.241. The van der Waals surface area contributed by atoms with Crippen LogP contribution in [-0.4, -0.2) is 28.4 Å². The van der Waals surface area contributed by atoms with Crippen LogP contribution in [0.2, 0.25) is 0 Å². The summed E-state index contributed by atoms with van der Waals surface area (Å²) in [4.78, 5) is 25.1. The maximum Gasteiger partial charge on any atom is 0.309 e. The summed E-state index contributed by atoms with van der Waals surface area (Å²) in [7, 11) is 0. The fraction of sp³-hybridized carbons (Fsp3) is 0.0938. The van der Waals surface area contributed by atoms with E-state index in [9.17, 15) is 14.0 Å². The number of anilines is 1. The molecular weight excluding hydrogens is 525 g/mol. The number of nitrogens with one attached hydrogen (secondary N) is 1. The van der Waals surface area contributed by atoms with E-state index in [1.165, 1.54) is 23.7 Å². The van der Waals surface area contributed by atoms with E-state index >= 15 is 0 Å². The number of amides is 1. The molecule has 4 aromatic carbocycles. The zero-order chi connectivity index (χ0) is 28.5. The first kappa shape index (κ1) is 25.8. The number of fused-ring (bicyclic) bond motifs is 1. The number of nitrogens with zero attached hydrogens (tertiary/aromatic N) is 2. The third-order valence-electron chi connectivity index (χ3n) is 6.53.